The van der Waals surface area contributed by atoms with Crippen LogP contribution in [0.1, 0.15) is 48.7 Å². The number of hydrogen-bond donors (Lipinski definition) is 1. The summed E-state index contributed by atoms with van der Waals surface area (Å²) < 4.78 is 4.20. The summed E-state index contributed by atoms with van der Waals surface area (Å²) >= 11 is 0. The van der Waals surface area contributed by atoms with Crippen LogP contribution in [0.2, 0.25) is 0 Å². The largest absolute Gasteiger partial charge is 0.353 e. The molecule has 3 heterocycles. The third kappa shape index (κ3) is 4.84. The maximum absolute atomic E-state index is 12.4. The Bertz CT molecular complexity index is 1230. The van der Waals surface area contributed by atoms with E-state index >= 15 is 0 Å². The van der Waals surface area contributed by atoms with Crippen LogP contribution in [0.15, 0.2) is 40.2 Å². The monoisotopic (exact) mass is 437 g/mol. The first-order valence-electron chi connectivity index (χ1n) is 10.9. The topological polar surface area (TPSA) is 117 Å². The molecule has 3 aromatic rings. The fourth-order valence-electron chi connectivity index (χ4n) is 4.09. The second-order valence-electron chi connectivity index (χ2n) is 8.20. The second kappa shape index (κ2) is 9.29. The lowest BCUT2D eigenvalue weighted by Crippen LogP contribution is -2.36. The van der Waals surface area contributed by atoms with Gasteiger partial charge in [-0.2, -0.15) is 5.10 Å². The van der Waals surface area contributed by atoms with Gasteiger partial charge in [-0.1, -0.05) is 12.8 Å². The van der Waals surface area contributed by atoms with Gasteiger partial charge in [-0.05, 0) is 38.8 Å². The lowest BCUT2D eigenvalue weighted by Gasteiger charge is -2.11. The number of hydrogen-bond acceptors (Lipinski definition) is 6. The first-order chi connectivity index (χ1) is 15.4. The number of nitrogens with zero attached hydrogens (tertiary/aromatic N) is 6. The zero-order chi connectivity index (χ0) is 22.7. The van der Waals surface area contributed by atoms with E-state index in [1.165, 1.54) is 23.5 Å². The van der Waals surface area contributed by atoms with E-state index in [9.17, 15) is 14.4 Å². The second-order valence-corrected chi connectivity index (χ2v) is 8.20. The van der Waals surface area contributed by atoms with E-state index in [2.05, 4.69) is 20.5 Å². The summed E-state index contributed by atoms with van der Waals surface area (Å²) in [6.07, 6.45) is 6.08. The molecule has 32 heavy (non-hydrogen) atoms. The van der Waals surface area contributed by atoms with Crippen molar-refractivity contribution >= 4 is 5.91 Å². The highest BCUT2D eigenvalue weighted by molar-refractivity contribution is 5.75. The summed E-state index contributed by atoms with van der Waals surface area (Å²) in [5.74, 6) is 0.477. The average Bonchev–Trinajstić information content (AvgIpc) is 3.40. The summed E-state index contributed by atoms with van der Waals surface area (Å²) in [6, 6.07) is 6.45. The Balaban J connectivity index is 1.35. The molecule has 0 radical (unpaired) electrons. The average molecular weight is 438 g/mol. The summed E-state index contributed by atoms with van der Waals surface area (Å²) in [6.45, 7) is 4.09. The highest BCUT2D eigenvalue weighted by Gasteiger charge is 2.19. The van der Waals surface area contributed by atoms with Gasteiger partial charge in [-0.25, -0.2) is 14.3 Å². The first kappa shape index (κ1) is 21.7. The molecular formula is C22H27N7O3. The predicted molar refractivity (Wildman–Crippen MR) is 118 cm³/mol. The molecule has 4 rings (SSSR count). The molecule has 1 amide bonds. The van der Waals surface area contributed by atoms with Crippen LogP contribution in [0, 0.1) is 13.8 Å². The minimum Gasteiger partial charge on any atom is -0.353 e. The van der Waals surface area contributed by atoms with Crippen molar-refractivity contribution in [2.45, 2.75) is 58.5 Å². The number of rotatable bonds is 7. The number of aromatic nitrogens is 6. The molecule has 168 valence electrons. The van der Waals surface area contributed by atoms with Gasteiger partial charge in [0.15, 0.2) is 5.82 Å². The number of amides is 1. The van der Waals surface area contributed by atoms with Gasteiger partial charge in [0.2, 0.25) is 5.91 Å². The molecule has 3 aromatic heterocycles. The van der Waals surface area contributed by atoms with Crippen molar-refractivity contribution in [3.63, 3.8) is 0 Å². The molecule has 0 bridgehead atoms. The van der Waals surface area contributed by atoms with Crippen LogP contribution in [0.5, 0.6) is 0 Å². The molecule has 1 aliphatic rings. The van der Waals surface area contributed by atoms with Gasteiger partial charge in [0.1, 0.15) is 6.54 Å². The fraction of sp³-hybridized carbons (Fsp3) is 0.455. The quantitative estimate of drug-likeness (QED) is 0.591. The van der Waals surface area contributed by atoms with Crippen molar-refractivity contribution in [3.05, 3.63) is 68.4 Å². The molecule has 10 heteroatoms. The van der Waals surface area contributed by atoms with E-state index in [1.807, 2.05) is 19.9 Å². The molecule has 1 saturated carbocycles. The number of carbonyl (C=O) groups is 1. The van der Waals surface area contributed by atoms with Crippen molar-refractivity contribution in [1.82, 2.24) is 34.4 Å². The van der Waals surface area contributed by atoms with Gasteiger partial charge in [-0.3, -0.25) is 19.0 Å². The van der Waals surface area contributed by atoms with E-state index < -0.39 is 0 Å². The Morgan fingerprint density at radius 3 is 2.56 bits per heavy atom. The molecule has 0 saturated heterocycles. The Labute approximate surface area is 184 Å². The highest BCUT2D eigenvalue weighted by atomic mass is 16.2. The molecule has 1 N–H and O–H groups in total. The van der Waals surface area contributed by atoms with Gasteiger partial charge in [0.05, 0.1) is 17.7 Å². The van der Waals surface area contributed by atoms with E-state index in [1.54, 1.807) is 23.1 Å². The Morgan fingerprint density at radius 1 is 1.09 bits per heavy atom. The van der Waals surface area contributed by atoms with E-state index in [0.29, 0.717) is 18.3 Å². The van der Waals surface area contributed by atoms with E-state index in [-0.39, 0.29) is 30.1 Å². The molecule has 0 unspecified atom stereocenters. The van der Waals surface area contributed by atoms with Crippen LogP contribution in [-0.2, 0) is 17.9 Å². The molecule has 0 aliphatic heterocycles. The van der Waals surface area contributed by atoms with Gasteiger partial charge < -0.3 is 5.32 Å². The maximum Gasteiger partial charge on any atom is 0.267 e. The lowest BCUT2D eigenvalue weighted by molar-refractivity contribution is -0.121. The molecule has 0 atom stereocenters. The fourth-order valence-corrected chi connectivity index (χ4v) is 4.09. The van der Waals surface area contributed by atoms with Crippen LogP contribution in [0.4, 0.5) is 0 Å². The summed E-state index contributed by atoms with van der Waals surface area (Å²) in [4.78, 5) is 41.3. The minimum atomic E-state index is -0.381. The van der Waals surface area contributed by atoms with Crippen LogP contribution in [0.3, 0.4) is 0 Å². The van der Waals surface area contributed by atoms with Gasteiger partial charge >= 0.3 is 0 Å². The van der Waals surface area contributed by atoms with Gasteiger partial charge in [0, 0.05) is 36.8 Å². The number of aryl methyl sites for hydroxylation is 2. The van der Waals surface area contributed by atoms with Gasteiger partial charge in [0.25, 0.3) is 11.1 Å². The van der Waals surface area contributed by atoms with Crippen molar-refractivity contribution in [1.29, 1.82) is 0 Å². The minimum absolute atomic E-state index is 0.119. The normalized spacial score (nSPS) is 14.1. The number of nitrogens with one attached hydrogen (secondary N) is 1. The molecule has 0 aromatic carbocycles. The van der Waals surface area contributed by atoms with Crippen LogP contribution >= 0.6 is 0 Å². The third-order valence-electron chi connectivity index (χ3n) is 5.72. The van der Waals surface area contributed by atoms with Crippen molar-refractivity contribution in [2.24, 2.45) is 0 Å². The molecule has 10 nitrogen and oxygen atoms in total. The van der Waals surface area contributed by atoms with Crippen molar-refractivity contribution < 1.29 is 4.79 Å². The number of carbonyl (C=O) groups excluding carboxylic acids is 1. The third-order valence-corrected chi connectivity index (χ3v) is 5.72. The smallest absolute Gasteiger partial charge is 0.267 e. The first-order valence-corrected chi connectivity index (χ1v) is 10.9. The standard InChI is InChI=1S/C22H27N7O3/c1-15-11-16(2)29(25-15)19-7-8-21(31)28(26-19)13-20(30)23-9-10-27-14-24-18(12-22(27)32)17-5-3-4-6-17/h7-8,11-12,14,17H,3-6,9-10,13H2,1-2H3,(H,23,30). The Morgan fingerprint density at radius 2 is 1.88 bits per heavy atom. The maximum atomic E-state index is 12.4. The molecular weight excluding hydrogens is 410 g/mol. The van der Waals surface area contributed by atoms with Crippen LogP contribution in [-0.4, -0.2) is 41.6 Å². The zero-order valence-electron chi connectivity index (χ0n) is 18.3. The van der Waals surface area contributed by atoms with Crippen LogP contribution in [0.25, 0.3) is 5.82 Å². The van der Waals surface area contributed by atoms with Crippen molar-refractivity contribution in [2.75, 3.05) is 6.54 Å². The summed E-state index contributed by atoms with van der Waals surface area (Å²) in [5, 5.41) is 11.3. The highest BCUT2D eigenvalue weighted by Crippen LogP contribution is 2.32. The molecule has 1 fully saturated rings. The predicted octanol–water partition coefficient (Wildman–Crippen LogP) is 1.08. The summed E-state index contributed by atoms with van der Waals surface area (Å²) in [5.41, 5.74) is 2.07. The van der Waals surface area contributed by atoms with Crippen LogP contribution < -0.4 is 16.4 Å². The summed E-state index contributed by atoms with van der Waals surface area (Å²) in [7, 11) is 0. The van der Waals surface area contributed by atoms with Gasteiger partial charge in [-0.15, -0.1) is 5.10 Å². The SMILES string of the molecule is Cc1cc(C)n(-c2ccc(=O)n(CC(=O)NCCn3cnc(C4CCCC4)cc3=O)n2)n1. The van der Waals surface area contributed by atoms with E-state index in [4.69, 9.17) is 0 Å². The van der Waals surface area contributed by atoms with Crippen molar-refractivity contribution in [3.8, 4) is 5.82 Å². The lowest BCUT2D eigenvalue weighted by atomic mass is 10.0. The Kier molecular flexibility index (Phi) is 6.29. The van der Waals surface area contributed by atoms with E-state index in [0.717, 1.165) is 34.6 Å². The molecule has 0 spiro atoms. The molecule has 1 aliphatic carbocycles. The zero-order valence-corrected chi connectivity index (χ0v) is 18.3. The Hall–Kier alpha value is -3.56.